The van der Waals surface area contributed by atoms with Crippen molar-refractivity contribution in [2.45, 2.75) is 6.92 Å². The van der Waals surface area contributed by atoms with Crippen molar-refractivity contribution in [3.63, 3.8) is 0 Å². The molecule has 0 aliphatic heterocycles. The second kappa shape index (κ2) is 5.40. The number of benzene rings is 1. The Hall–Kier alpha value is -2.89. The molecule has 0 radical (unpaired) electrons. The molecule has 0 atom stereocenters. The number of carbonyl (C=O) groups excluding carboxylic acids is 1. The second-order valence-corrected chi connectivity index (χ2v) is 4.12. The molecule has 0 saturated carbocycles. The molecule has 0 bridgehead atoms. The van der Waals surface area contributed by atoms with E-state index in [4.69, 9.17) is 4.42 Å². The summed E-state index contributed by atoms with van der Waals surface area (Å²) >= 11 is 0. The molecule has 2 rings (SSSR count). The van der Waals surface area contributed by atoms with Crippen LogP contribution in [0.25, 0.3) is 17.4 Å². The van der Waals surface area contributed by atoms with E-state index in [0.29, 0.717) is 17.1 Å². The van der Waals surface area contributed by atoms with Gasteiger partial charge in [-0.15, -0.1) is 0 Å². The van der Waals surface area contributed by atoms with E-state index in [2.05, 4.69) is 0 Å². The fraction of sp³-hybridized carbons (Fsp3) is 0.0714. The number of furan rings is 1. The number of hydrogen-bond donors (Lipinski definition) is 0. The number of aromatic carboxylic acids is 1. The summed E-state index contributed by atoms with van der Waals surface area (Å²) < 4.78 is 5.43. The Morgan fingerprint density at radius 1 is 1.30 bits per heavy atom. The normalized spacial score (nSPS) is 10.8. The fourth-order valence-corrected chi connectivity index (χ4v) is 1.74. The Balaban J connectivity index is 2.39. The average Bonchev–Trinajstić information content (AvgIpc) is 2.85. The molecule has 0 aliphatic carbocycles. The second-order valence-electron chi connectivity index (χ2n) is 4.12. The van der Waals surface area contributed by atoms with Gasteiger partial charge in [-0.05, 0) is 36.2 Å². The van der Waals surface area contributed by atoms with Gasteiger partial charge in [-0.25, -0.2) is 0 Å². The van der Waals surface area contributed by atoms with Crippen LogP contribution in [0.5, 0.6) is 0 Å². The quantitative estimate of drug-likeness (QED) is 0.625. The minimum atomic E-state index is -1.27. The number of nitro groups is 1. The summed E-state index contributed by atoms with van der Waals surface area (Å²) in [6, 6.07) is 7.74. The number of carboxylic acid groups (broad SMARTS) is 1. The van der Waals surface area contributed by atoms with Crippen LogP contribution >= 0.6 is 0 Å². The molecule has 0 N–H and O–H groups in total. The molecule has 2 aromatic rings. The summed E-state index contributed by atoms with van der Waals surface area (Å²) in [5, 5.41) is 21.1. The van der Waals surface area contributed by atoms with Gasteiger partial charge in [0.05, 0.1) is 17.0 Å². The van der Waals surface area contributed by atoms with Crippen molar-refractivity contribution in [2.75, 3.05) is 0 Å². The van der Waals surface area contributed by atoms with Gasteiger partial charge in [0.2, 0.25) is 6.20 Å². The van der Waals surface area contributed by atoms with Crippen LogP contribution in [0.15, 0.2) is 40.9 Å². The van der Waals surface area contributed by atoms with Gasteiger partial charge in [-0.3, -0.25) is 10.1 Å². The third-order valence-electron chi connectivity index (χ3n) is 2.73. The highest BCUT2D eigenvalue weighted by atomic mass is 16.6. The molecule has 1 aromatic heterocycles. The van der Waals surface area contributed by atoms with Crippen molar-refractivity contribution in [3.8, 4) is 11.3 Å². The summed E-state index contributed by atoms with van der Waals surface area (Å²) in [7, 11) is 0. The topological polar surface area (TPSA) is 96.4 Å². The monoisotopic (exact) mass is 272 g/mol. The lowest BCUT2D eigenvalue weighted by Gasteiger charge is -2.07. The summed E-state index contributed by atoms with van der Waals surface area (Å²) in [4.78, 5) is 20.5. The number of carboxylic acids is 1. The van der Waals surface area contributed by atoms with Crippen LogP contribution < -0.4 is 5.11 Å². The molecule has 0 fully saturated rings. The molecule has 6 nitrogen and oxygen atoms in total. The zero-order chi connectivity index (χ0) is 14.7. The zero-order valence-electron chi connectivity index (χ0n) is 10.5. The van der Waals surface area contributed by atoms with E-state index < -0.39 is 10.9 Å². The van der Waals surface area contributed by atoms with E-state index >= 15 is 0 Å². The maximum Gasteiger partial charge on any atom is 0.238 e. The number of aryl methyl sites for hydroxylation is 1. The molecular weight excluding hydrogens is 262 g/mol. The van der Waals surface area contributed by atoms with Crippen molar-refractivity contribution in [2.24, 2.45) is 0 Å². The van der Waals surface area contributed by atoms with E-state index in [-0.39, 0.29) is 5.56 Å². The van der Waals surface area contributed by atoms with Crippen LogP contribution in [0, 0.1) is 17.0 Å². The summed E-state index contributed by atoms with van der Waals surface area (Å²) in [6.45, 7) is 1.81. The van der Waals surface area contributed by atoms with Crippen LogP contribution in [0.1, 0.15) is 21.7 Å². The molecule has 0 amide bonds. The first-order chi connectivity index (χ1) is 9.47. The SMILES string of the molecule is Cc1ccc(C(=O)[O-])cc1-c1ccc(C=C[N+](=O)[O-])o1. The lowest BCUT2D eigenvalue weighted by atomic mass is 10.0. The Kier molecular flexibility index (Phi) is 3.65. The van der Waals surface area contributed by atoms with Gasteiger partial charge in [0.1, 0.15) is 11.5 Å². The van der Waals surface area contributed by atoms with Gasteiger partial charge in [-0.2, -0.15) is 0 Å². The van der Waals surface area contributed by atoms with Gasteiger partial charge in [0.25, 0.3) is 0 Å². The van der Waals surface area contributed by atoms with Crippen LogP contribution in [0.4, 0.5) is 0 Å². The zero-order valence-corrected chi connectivity index (χ0v) is 10.5. The molecule has 0 unspecified atom stereocenters. The predicted molar refractivity (Wildman–Crippen MR) is 69.2 cm³/mol. The number of carbonyl (C=O) groups is 1. The average molecular weight is 272 g/mol. The maximum absolute atomic E-state index is 10.9. The lowest BCUT2D eigenvalue weighted by Crippen LogP contribution is -2.22. The molecule has 20 heavy (non-hydrogen) atoms. The standard InChI is InChI=1S/C14H11NO5/c1-9-2-3-10(14(16)17)8-12(9)13-5-4-11(20-13)6-7-15(18)19/h2-8H,1H3,(H,16,17)/p-1. The van der Waals surface area contributed by atoms with Crippen molar-refractivity contribution < 1.29 is 19.2 Å². The Labute approximate surface area is 114 Å². The molecule has 0 spiro atoms. The third-order valence-corrected chi connectivity index (χ3v) is 2.73. The van der Waals surface area contributed by atoms with Gasteiger partial charge < -0.3 is 14.3 Å². The highest BCUT2D eigenvalue weighted by Gasteiger charge is 2.08. The molecule has 6 heteroatoms. The Morgan fingerprint density at radius 2 is 2.05 bits per heavy atom. The van der Waals surface area contributed by atoms with Gasteiger partial charge >= 0.3 is 0 Å². The first kappa shape index (κ1) is 13.5. The molecule has 1 heterocycles. The number of hydrogen-bond acceptors (Lipinski definition) is 5. The molecular formula is C14H10NO5-. The largest absolute Gasteiger partial charge is 0.545 e. The maximum atomic E-state index is 10.9. The highest BCUT2D eigenvalue weighted by Crippen LogP contribution is 2.27. The molecule has 0 aliphatic rings. The van der Waals surface area contributed by atoms with E-state index in [1.165, 1.54) is 18.2 Å². The highest BCUT2D eigenvalue weighted by molar-refractivity contribution is 5.88. The smallest absolute Gasteiger partial charge is 0.238 e. The number of nitrogens with zero attached hydrogens (tertiary/aromatic N) is 1. The number of rotatable bonds is 4. The summed E-state index contributed by atoms with van der Waals surface area (Å²) in [5.41, 5.74) is 1.48. The van der Waals surface area contributed by atoms with E-state index in [1.807, 2.05) is 6.92 Å². The van der Waals surface area contributed by atoms with Gasteiger partial charge in [0.15, 0.2) is 0 Å². The fourth-order valence-electron chi connectivity index (χ4n) is 1.74. The molecule has 0 saturated heterocycles. The van der Waals surface area contributed by atoms with Crippen LogP contribution in [-0.4, -0.2) is 10.9 Å². The minimum absolute atomic E-state index is 0.0457. The van der Waals surface area contributed by atoms with Gasteiger partial charge in [0, 0.05) is 5.56 Å². The predicted octanol–water partition coefficient (Wildman–Crippen LogP) is 1.87. The molecule has 102 valence electrons. The Bertz CT molecular complexity index is 699. The first-order valence-corrected chi connectivity index (χ1v) is 5.71. The molecule has 1 aromatic carbocycles. The van der Waals surface area contributed by atoms with E-state index in [1.54, 1.807) is 18.2 Å². The van der Waals surface area contributed by atoms with Crippen molar-refractivity contribution in [1.82, 2.24) is 0 Å². The van der Waals surface area contributed by atoms with Crippen LogP contribution in [0.2, 0.25) is 0 Å². The third kappa shape index (κ3) is 2.92. The van der Waals surface area contributed by atoms with Crippen molar-refractivity contribution >= 4 is 12.0 Å². The van der Waals surface area contributed by atoms with E-state index in [9.17, 15) is 20.0 Å². The van der Waals surface area contributed by atoms with Crippen LogP contribution in [0.3, 0.4) is 0 Å². The Morgan fingerprint density at radius 3 is 2.70 bits per heavy atom. The van der Waals surface area contributed by atoms with Crippen LogP contribution in [-0.2, 0) is 0 Å². The summed E-state index contributed by atoms with van der Waals surface area (Å²) in [5.74, 6) is -0.519. The van der Waals surface area contributed by atoms with Gasteiger partial charge in [-0.1, -0.05) is 12.1 Å². The van der Waals surface area contributed by atoms with Crippen molar-refractivity contribution in [1.29, 1.82) is 0 Å². The van der Waals surface area contributed by atoms with Crippen molar-refractivity contribution in [3.05, 3.63) is 63.5 Å². The van der Waals surface area contributed by atoms with E-state index in [0.717, 1.165) is 11.8 Å². The summed E-state index contributed by atoms with van der Waals surface area (Å²) in [6.07, 6.45) is 1.99. The first-order valence-electron chi connectivity index (χ1n) is 5.71. The minimum Gasteiger partial charge on any atom is -0.545 e. The lowest BCUT2D eigenvalue weighted by molar-refractivity contribution is -0.401.